The maximum atomic E-state index is 11.3. The second kappa shape index (κ2) is 4.07. The van der Waals surface area contributed by atoms with E-state index in [4.69, 9.17) is 0 Å². The summed E-state index contributed by atoms with van der Waals surface area (Å²) < 4.78 is 4.67. The van der Waals surface area contributed by atoms with Gasteiger partial charge in [0.15, 0.2) is 0 Å². The lowest BCUT2D eigenvalue weighted by atomic mass is 9.95. The molecule has 0 bridgehead atoms. The van der Waals surface area contributed by atoms with Crippen LogP contribution in [0.1, 0.15) is 19.8 Å². The zero-order chi connectivity index (χ0) is 10.0. The molecular formula is C9H17NO3. The third-order valence-corrected chi connectivity index (χ3v) is 2.77. The van der Waals surface area contributed by atoms with E-state index in [0.717, 1.165) is 6.42 Å². The van der Waals surface area contributed by atoms with Crippen molar-refractivity contribution in [3.63, 3.8) is 0 Å². The Morgan fingerprint density at radius 2 is 2.15 bits per heavy atom. The number of hydrogen-bond donors (Lipinski definition) is 1. The van der Waals surface area contributed by atoms with Gasteiger partial charge in [-0.3, -0.25) is 9.69 Å². The van der Waals surface area contributed by atoms with Crippen LogP contribution < -0.4 is 0 Å². The molecule has 13 heavy (non-hydrogen) atoms. The number of likely N-dealkylation sites (N-methyl/N-ethyl adjacent to an activating group) is 1. The average Bonchev–Trinajstić information content (AvgIpc) is 2.10. The second-order valence-corrected chi connectivity index (χ2v) is 3.68. The van der Waals surface area contributed by atoms with E-state index in [-0.39, 0.29) is 24.2 Å². The van der Waals surface area contributed by atoms with Crippen molar-refractivity contribution in [1.82, 2.24) is 4.90 Å². The van der Waals surface area contributed by atoms with Crippen LogP contribution in [0, 0.1) is 0 Å². The van der Waals surface area contributed by atoms with Crippen LogP contribution in [0.25, 0.3) is 0 Å². The number of likely N-dealkylation sites (tertiary alicyclic amines) is 1. The molecule has 1 aliphatic rings. The lowest BCUT2D eigenvalue weighted by Gasteiger charge is -2.38. The van der Waals surface area contributed by atoms with Gasteiger partial charge in [-0.1, -0.05) is 0 Å². The van der Waals surface area contributed by atoms with Crippen LogP contribution in [0.3, 0.4) is 0 Å². The van der Waals surface area contributed by atoms with Crippen molar-refractivity contribution in [2.45, 2.75) is 38.0 Å². The monoisotopic (exact) mass is 187 g/mol. The van der Waals surface area contributed by atoms with E-state index in [0.29, 0.717) is 6.42 Å². The fraction of sp³-hybridized carbons (Fsp3) is 0.889. The van der Waals surface area contributed by atoms with Crippen molar-refractivity contribution < 1.29 is 14.6 Å². The minimum Gasteiger partial charge on any atom is -0.468 e. The predicted molar refractivity (Wildman–Crippen MR) is 48.3 cm³/mol. The number of rotatable bonds is 1. The normalized spacial score (nSPS) is 35.8. The molecule has 4 heteroatoms. The Labute approximate surface area is 78.5 Å². The molecule has 0 aromatic carbocycles. The molecule has 0 aromatic heterocycles. The van der Waals surface area contributed by atoms with E-state index in [1.807, 2.05) is 18.9 Å². The lowest BCUT2D eigenvalue weighted by Crippen LogP contribution is -2.51. The quantitative estimate of drug-likeness (QED) is 0.587. The standard InChI is InChI=1S/C9H17NO3/c1-6-4-7(11)5-8(10(6)2)9(12)13-3/h6-8,11H,4-5H2,1-3H3/t6?,7?,8-/m0/s1. The van der Waals surface area contributed by atoms with Crippen molar-refractivity contribution >= 4 is 5.97 Å². The first kappa shape index (κ1) is 10.5. The van der Waals surface area contributed by atoms with Gasteiger partial charge in [-0.25, -0.2) is 0 Å². The molecule has 0 radical (unpaired) electrons. The Morgan fingerprint density at radius 3 is 2.69 bits per heavy atom. The largest absolute Gasteiger partial charge is 0.468 e. The summed E-state index contributed by atoms with van der Waals surface area (Å²) in [6, 6.07) is -0.0587. The van der Waals surface area contributed by atoms with Crippen LogP contribution in [0.4, 0.5) is 0 Å². The molecule has 1 heterocycles. The molecule has 2 unspecified atom stereocenters. The number of carbonyl (C=O) groups is 1. The topological polar surface area (TPSA) is 49.8 Å². The Hall–Kier alpha value is -0.610. The second-order valence-electron chi connectivity index (χ2n) is 3.68. The lowest BCUT2D eigenvalue weighted by molar-refractivity contribution is -0.151. The fourth-order valence-electron chi connectivity index (χ4n) is 1.79. The first-order chi connectivity index (χ1) is 6.06. The SMILES string of the molecule is COC(=O)[C@@H]1CC(O)CC(C)N1C. The summed E-state index contributed by atoms with van der Waals surface area (Å²) in [5, 5.41) is 9.48. The molecule has 0 spiro atoms. The number of hydrogen-bond acceptors (Lipinski definition) is 4. The van der Waals surface area contributed by atoms with Gasteiger partial charge < -0.3 is 9.84 Å². The fourth-order valence-corrected chi connectivity index (χ4v) is 1.79. The molecule has 3 atom stereocenters. The number of carbonyl (C=O) groups excluding carboxylic acids is 1. The average molecular weight is 187 g/mol. The maximum Gasteiger partial charge on any atom is 0.323 e. The zero-order valence-electron chi connectivity index (χ0n) is 8.36. The Bertz CT molecular complexity index is 195. The van der Waals surface area contributed by atoms with E-state index in [9.17, 15) is 9.90 Å². The predicted octanol–water partition coefficient (Wildman–Crippen LogP) is 0.00300. The summed E-state index contributed by atoms with van der Waals surface area (Å²) in [6.07, 6.45) is 0.827. The number of piperidine rings is 1. The van der Waals surface area contributed by atoms with E-state index < -0.39 is 0 Å². The van der Waals surface area contributed by atoms with E-state index >= 15 is 0 Å². The molecule has 0 aromatic rings. The Balaban J connectivity index is 2.66. The molecule has 76 valence electrons. The van der Waals surface area contributed by atoms with Gasteiger partial charge in [0.05, 0.1) is 13.2 Å². The molecule has 1 saturated heterocycles. The van der Waals surface area contributed by atoms with Gasteiger partial charge in [0.2, 0.25) is 0 Å². The third-order valence-electron chi connectivity index (χ3n) is 2.77. The highest BCUT2D eigenvalue weighted by atomic mass is 16.5. The maximum absolute atomic E-state index is 11.3. The van der Waals surface area contributed by atoms with Crippen molar-refractivity contribution in [3.05, 3.63) is 0 Å². The summed E-state index contributed by atoms with van der Waals surface area (Å²) in [7, 11) is 3.26. The van der Waals surface area contributed by atoms with Gasteiger partial charge in [0.25, 0.3) is 0 Å². The first-order valence-electron chi connectivity index (χ1n) is 4.54. The molecule has 1 N–H and O–H groups in total. The summed E-state index contributed by atoms with van der Waals surface area (Å²) in [6.45, 7) is 2.00. The molecule has 1 aliphatic heterocycles. The van der Waals surface area contributed by atoms with E-state index in [1.165, 1.54) is 7.11 Å². The summed E-state index contributed by atoms with van der Waals surface area (Å²) >= 11 is 0. The van der Waals surface area contributed by atoms with Gasteiger partial charge in [-0.05, 0) is 26.8 Å². The van der Waals surface area contributed by atoms with Crippen LogP contribution >= 0.6 is 0 Å². The summed E-state index contributed by atoms with van der Waals surface area (Å²) in [5.41, 5.74) is 0. The number of aliphatic hydroxyl groups excluding tert-OH is 1. The van der Waals surface area contributed by atoms with Crippen molar-refractivity contribution in [3.8, 4) is 0 Å². The van der Waals surface area contributed by atoms with Crippen LogP contribution in [0.15, 0.2) is 0 Å². The number of ether oxygens (including phenoxy) is 1. The van der Waals surface area contributed by atoms with Crippen LogP contribution in [-0.4, -0.2) is 48.3 Å². The number of aliphatic hydroxyl groups is 1. The Kier molecular flexibility index (Phi) is 3.27. The van der Waals surface area contributed by atoms with Gasteiger partial charge in [0.1, 0.15) is 6.04 Å². The van der Waals surface area contributed by atoms with Gasteiger partial charge in [0, 0.05) is 6.04 Å². The van der Waals surface area contributed by atoms with Crippen molar-refractivity contribution in [1.29, 1.82) is 0 Å². The Morgan fingerprint density at radius 1 is 1.54 bits per heavy atom. The van der Waals surface area contributed by atoms with Crippen molar-refractivity contribution in [2.24, 2.45) is 0 Å². The molecular weight excluding hydrogens is 170 g/mol. The molecule has 0 aliphatic carbocycles. The zero-order valence-corrected chi connectivity index (χ0v) is 8.36. The minimum atomic E-state index is -0.379. The summed E-state index contributed by atoms with van der Waals surface area (Å²) in [4.78, 5) is 13.3. The highest BCUT2D eigenvalue weighted by molar-refractivity contribution is 5.75. The van der Waals surface area contributed by atoms with Crippen molar-refractivity contribution in [2.75, 3.05) is 14.2 Å². The molecule has 1 rings (SSSR count). The third kappa shape index (κ3) is 2.19. The molecule has 0 amide bonds. The summed E-state index contributed by atoms with van der Waals surface area (Å²) in [5.74, 6) is -0.256. The highest BCUT2D eigenvalue weighted by Crippen LogP contribution is 2.21. The van der Waals surface area contributed by atoms with Gasteiger partial charge >= 0.3 is 5.97 Å². The molecule has 4 nitrogen and oxygen atoms in total. The van der Waals surface area contributed by atoms with E-state index in [1.54, 1.807) is 0 Å². The highest BCUT2D eigenvalue weighted by Gasteiger charge is 2.34. The number of nitrogens with zero attached hydrogens (tertiary/aromatic N) is 1. The van der Waals surface area contributed by atoms with Crippen LogP contribution in [0.2, 0.25) is 0 Å². The van der Waals surface area contributed by atoms with E-state index in [2.05, 4.69) is 4.74 Å². The minimum absolute atomic E-state index is 0.229. The first-order valence-corrected chi connectivity index (χ1v) is 4.54. The number of esters is 1. The molecule has 0 saturated carbocycles. The van der Waals surface area contributed by atoms with Crippen LogP contribution in [0.5, 0.6) is 0 Å². The molecule has 1 fully saturated rings. The van der Waals surface area contributed by atoms with Crippen LogP contribution in [-0.2, 0) is 9.53 Å². The van der Waals surface area contributed by atoms with Gasteiger partial charge in [-0.15, -0.1) is 0 Å². The smallest absolute Gasteiger partial charge is 0.323 e. The number of methoxy groups -OCH3 is 1. The van der Waals surface area contributed by atoms with Gasteiger partial charge in [-0.2, -0.15) is 0 Å².